The second-order valence-corrected chi connectivity index (χ2v) is 21.3. The van der Waals surface area contributed by atoms with Crippen LogP contribution in [0.1, 0.15) is 18.4 Å². The Morgan fingerprint density at radius 3 is 1.41 bits per heavy atom. The van der Waals surface area contributed by atoms with Gasteiger partial charge in [0, 0.05) is 31.4 Å². The predicted octanol–water partition coefficient (Wildman–Crippen LogP) is 5.20. The van der Waals surface area contributed by atoms with Crippen molar-refractivity contribution in [2.75, 3.05) is 6.61 Å². The van der Waals surface area contributed by atoms with Crippen molar-refractivity contribution in [3.8, 4) is 0 Å². The Morgan fingerprint density at radius 2 is 1.12 bits per heavy atom. The molecule has 0 radical (unpaired) electrons. The van der Waals surface area contributed by atoms with E-state index in [2.05, 4.69) is 110 Å². The van der Waals surface area contributed by atoms with Gasteiger partial charge in [0.1, 0.15) is 0 Å². The molecular formula is C22H29O6PSi2W. The zero-order valence-corrected chi connectivity index (χ0v) is 25.3. The van der Waals surface area contributed by atoms with Crippen LogP contribution in [0.25, 0.3) is 0 Å². The molecule has 0 N–H and O–H groups in total. The van der Waals surface area contributed by atoms with E-state index in [-0.39, 0.29) is 21.1 Å². The molecule has 0 spiro atoms. The Balaban J connectivity index is -0.000000195. The van der Waals surface area contributed by atoms with E-state index in [0.717, 1.165) is 6.61 Å². The second-order valence-electron chi connectivity index (χ2n) is 7.99. The summed E-state index contributed by atoms with van der Waals surface area (Å²) in [6.07, 6.45) is 0. The van der Waals surface area contributed by atoms with Crippen molar-refractivity contribution in [2.24, 2.45) is 0 Å². The molecule has 1 heterocycles. The van der Waals surface area contributed by atoms with Gasteiger partial charge in [-0.3, -0.25) is 0 Å². The molecule has 32 heavy (non-hydrogen) atoms. The average Bonchev–Trinajstić information content (AvgIpc) is 2.77. The maximum atomic E-state index is 7.50. The summed E-state index contributed by atoms with van der Waals surface area (Å²) in [4.78, 5) is 0. The van der Waals surface area contributed by atoms with Crippen molar-refractivity contribution in [3.63, 3.8) is 0 Å². The van der Waals surface area contributed by atoms with Crippen LogP contribution in [0.3, 0.4) is 0 Å². The Bertz CT molecular complexity index is 695. The average molecular weight is 660 g/mol. The van der Waals surface area contributed by atoms with E-state index in [1.54, 1.807) is 0 Å². The van der Waals surface area contributed by atoms with Gasteiger partial charge < -0.3 is 4.74 Å². The molecule has 2 rings (SSSR count). The van der Waals surface area contributed by atoms with E-state index >= 15 is 0 Å². The third-order valence-electron chi connectivity index (χ3n) is 4.66. The summed E-state index contributed by atoms with van der Waals surface area (Å²) in [5.74, 6) is 0.513. The van der Waals surface area contributed by atoms with Crippen LogP contribution in [-0.4, -0.2) is 32.6 Å². The molecule has 1 aromatic rings. The molecule has 10 heteroatoms. The summed E-state index contributed by atoms with van der Waals surface area (Å²) < 4.78 is 44.0. The fourth-order valence-corrected chi connectivity index (χ4v) is 20.2. The first kappa shape index (κ1) is 41.4. The van der Waals surface area contributed by atoms with Crippen LogP contribution in [0, 0.1) is 33.3 Å². The molecule has 1 atom stereocenters. The molecule has 0 aliphatic carbocycles. The molecule has 172 valence electrons. The van der Waals surface area contributed by atoms with E-state index in [9.17, 15) is 0 Å². The minimum absolute atomic E-state index is 0. The molecule has 0 aromatic heterocycles. The predicted molar refractivity (Wildman–Crippen MR) is 122 cm³/mol. The molecule has 0 amide bonds. The first-order chi connectivity index (χ1) is 14.6. The summed E-state index contributed by atoms with van der Waals surface area (Å²) in [6, 6.07) is 11.1. The maximum Gasteiger partial charge on any atom is 0 e. The van der Waals surface area contributed by atoms with Crippen LogP contribution in [0.5, 0.6) is 0 Å². The van der Waals surface area contributed by atoms with E-state index in [1.807, 2.05) is 0 Å². The van der Waals surface area contributed by atoms with Gasteiger partial charge in [0.05, 0.1) is 28.2 Å². The van der Waals surface area contributed by atoms with E-state index in [0.29, 0.717) is 10.3 Å². The Kier molecular flexibility index (Phi) is 28.5. The van der Waals surface area contributed by atoms with E-state index in [4.69, 9.17) is 28.0 Å². The number of rotatable bonds is 5. The third-order valence-corrected chi connectivity index (χ3v) is 20.2. The Morgan fingerprint density at radius 1 is 0.781 bits per heavy atom. The summed E-state index contributed by atoms with van der Waals surface area (Å²) in [5.41, 5.74) is 2.78. The summed E-state index contributed by atoms with van der Waals surface area (Å²) in [7, 11) is -1.16. The first-order valence-electron chi connectivity index (χ1n) is 8.94. The quantitative estimate of drug-likeness (QED) is 0.184. The molecular weight excluding hydrogens is 631 g/mol. The van der Waals surface area contributed by atoms with Gasteiger partial charge in [0.25, 0.3) is 0 Å². The van der Waals surface area contributed by atoms with Crippen LogP contribution < -0.4 is 0 Å². The number of benzene rings is 1. The SMILES string of the molecule is CCOC1=PC([Si](C)(C)C)([Si](C)(C)C)C1c1ccccc1.[C-]#[O+].[C-]#[O+].[C-]#[O+].[C-]#[O+].[C-]#[O+].[W]. The molecule has 6 nitrogen and oxygen atoms in total. The molecule has 0 saturated carbocycles. The summed E-state index contributed by atoms with van der Waals surface area (Å²) >= 11 is 0. The summed E-state index contributed by atoms with van der Waals surface area (Å²) in [5, 5.41) is 0. The van der Waals surface area contributed by atoms with Gasteiger partial charge in [0.2, 0.25) is 0 Å². The standard InChI is InChI=1S/C17H29OPSi2.5CO.W/c1-8-18-16-15(14-12-10-9-11-13-14)17(19-16,20(2,3)4)21(5,6)7;5*1-2;/h9-13,15H,8H2,1-7H3;;;;;;. The van der Waals surface area contributed by atoms with Crippen molar-refractivity contribution in [1.29, 1.82) is 0 Å². The molecule has 1 aliphatic rings. The molecule has 1 aromatic carbocycles. The van der Waals surface area contributed by atoms with Crippen LogP contribution in [-0.2, 0) is 49.1 Å². The maximum absolute atomic E-state index is 7.50. The fraction of sp³-hybridized carbons (Fsp3) is 0.455. The van der Waals surface area contributed by atoms with Crippen molar-refractivity contribution < 1.29 is 49.1 Å². The molecule has 0 saturated heterocycles. The first-order valence-corrected chi connectivity index (χ1v) is 16.8. The third kappa shape index (κ3) is 10.4. The van der Waals surface area contributed by atoms with Gasteiger partial charge >= 0.3 is 56.5 Å². The molecule has 0 bridgehead atoms. The fourth-order valence-electron chi connectivity index (χ4n) is 4.03. The van der Waals surface area contributed by atoms with Crippen molar-refractivity contribution in [1.82, 2.24) is 0 Å². The van der Waals surface area contributed by atoms with Crippen molar-refractivity contribution in [2.45, 2.75) is 56.5 Å². The van der Waals surface area contributed by atoms with Gasteiger partial charge in [-0.2, -0.15) is 0 Å². The van der Waals surface area contributed by atoms with Crippen LogP contribution >= 0.6 is 8.20 Å². The minimum Gasteiger partial charge on any atom is 0 e. The smallest absolute Gasteiger partial charge is 0 e. The molecule has 1 aliphatic heterocycles. The largest absolute Gasteiger partial charge is 0 e. The van der Waals surface area contributed by atoms with Crippen LogP contribution in [0.15, 0.2) is 30.3 Å². The Labute approximate surface area is 210 Å². The van der Waals surface area contributed by atoms with Crippen LogP contribution in [0.2, 0.25) is 39.3 Å². The topological polar surface area (TPSA) is 109 Å². The number of hydrogen-bond acceptors (Lipinski definition) is 1. The van der Waals surface area contributed by atoms with E-state index < -0.39 is 16.1 Å². The van der Waals surface area contributed by atoms with Gasteiger partial charge in [-0.1, -0.05) is 77.8 Å². The zero-order valence-electron chi connectivity index (χ0n) is 19.5. The van der Waals surface area contributed by atoms with Gasteiger partial charge in [-0.05, 0) is 12.5 Å². The van der Waals surface area contributed by atoms with Crippen molar-refractivity contribution >= 4 is 29.8 Å². The number of hydrogen-bond donors (Lipinski definition) is 0. The van der Waals surface area contributed by atoms with Crippen molar-refractivity contribution in [3.05, 3.63) is 69.1 Å². The van der Waals surface area contributed by atoms with Gasteiger partial charge in [-0.25, -0.2) is 0 Å². The monoisotopic (exact) mass is 660 g/mol. The van der Waals surface area contributed by atoms with E-state index in [1.165, 1.54) is 19.2 Å². The second kappa shape index (κ2) is 22.0. The summed E-state index contributed by atoms with van der Waals surface area (Å²) in [6.45, 7) is 40.7. The van der Waals surface area contributed by atoms with Crippen LogP contribution in [0.4, 0.5) is 0 Å². The Hall–Kier alpha value is -0.828. The minimum atomic E-state index is -1.33. The van der Waals surface area contributed by atoms with Gasteiger partial charge in [-0.15, -0.1) is 0 Å². The zero-order chi connectivity index (χ0) is 25.9. The molecule has 1 unspecified atom stereocenters. The van der Waals surface area contributed by atoms with Gasteiger partial charge in [0.15, 0.2) is 0 Å². The molecule has 0 fully saturated rings. The number of ether oxygens (including phenoxy) is 1. The normalized spacial score (nSPS) is 15.0.